The quantitative estimate of drug-likeness (QED) is 0.522. The van der Waals surface area contributed by atoms with Crippen molar-refractivity contribution < 1.29 is 9.53 Å². The van der Waals surface area contributed by atoms with Gasteiger partial charge in [0.1, 0.15) is 12.3 Å². The first-order valence-electron chi connectivity index (χ1n) is 9.17. The number of hydrogen-bond donors (Lipinski definition) is 2. The molecule has 0 radical (unpaired) electrons. The second-order valence-corrected chi connectivity index (χ2v) is 7.27. The second-order valence-electron chi connectivity index (χ2n) is 7.27. The van der Waals surface area contributed by atoms with Gasteiger partial charge in [-0.2, -0.15) is 0 Å². The minimum Gasteiger partial charge on any atom is -0.497 e. The largest absolute Gasteiger partial charge is 0.497 e. The third kappa shape index (κ3) is 8.74. The zero-order chi connectivity index (χ0) is 19.5. The fourth-order valence-corrected chi connectivity index (χ4v) is 2.27. The lowest BCUT2D eigenvalue weighted by molar-refractivity contribution is -0.127. The number of nitrogens with one attached hydrogen (secondary N) is 2. The lowest BCUT2D eigenvalue weighted by atomic mass is 10.0. The van der Waals surface area contributed by atoms with Crippen LogP contribution >= 0.6 is 0 Å². The van der Waals surface area contributed by atoms with Gasteiger partial charge in [-0.1, -0.05) is 32.9 Å². The number of aliphatic imine (C=N–C) groups is 1. The zero-order valence-corrected chi connectivity index (χ0v) is 17.0. The van der Waals surface area contributed by atoms with E-state index in [1.54, 1.807) is 26.1 Å². The monoisotopic (exact) mass is 362 g/mol. The molecule has 2 N–H and O–H groups in total. The van der Waals surface area contributed by atoms with Crippen molar-refractivity contribution in [2.45, 2.75) is 27.2 Å². The van der Waals surface area contributed by atoms with Crippen molar-refractivity contribution in [3.05, 3.63) is 29.8 Å². The number of carbonyl (C=O) groups is 1. The van der Waals surface area contributed by atoms with Crippen LogP contribution in [-0.4, -0.2) is 57.6 Å². The predicted octanol–water partition coefficient (Wildman–Crippen LogP) is 2.15. The molecular formula is C20H34N4O2. The van der Waals surface area contributed by atoms with Crippen LogP contribution in [0.1, 0.15) is 26.3 Å². The number of benzene rings is 1. The summed E-state index contributed by atoms with van der Waals surface area (Å²) < 4.78 is 5.19. The number of likely N-dealkylation sites (N-methyl/N-ethyl adjacent to an activating group) is 1. The van der Waals surface area contributed by atoms with Crippen molar-refractivity contribution >= 4 is 11.9 Å². The molecule has 0 bridgehead atoms. The topological polar surface area (TPSA) is 66.0 Å². The van der Waals surface area contributed by atoms with Gasteiger partial charge < -0.3 is 20.3 Å². The first-order chi connectivity index (χ1) is 12.3. The highest BCUT2D eigenvalue weighted by Crippen LogP contribution is 2.14. The molecular weight excluding hydrogens is 328 g/mol. The van der Waals surface area contributed by atoms with Crippen LogP contribution in [0.4, 0.5) is 0 Å². The third-order valence-electron chi connectivity index (χ3n) is 3.91. The average molecular weight is 363 g/mol. The van der Waals surface area contributed by atoms with Gasteiger partial charge >= 0.3 is 0 Å². The van der Waals surface area contributed by atoms with E-state index in [1.165, 1.54) is 5.56 Å². The second kappa shape index (κ2) is 11.4. The van der Waals surface area contributed by atoms with Gasteiger partial charge in [0.05, 0.1) is 7.11 Å². The molecule has 1 aromatic rings. The van der Waals surface area contributed by atoms with Crippen LogP contribution in [-0.2, 0) is 11.2 Å². The fourth-order valence-electron chi connectivity index (χ4n) is 2.27. The molecule has 0 fully saturated rings. The number of nitrogens with zero attached hydrogens (tertiary/aromatic N) is 2. The van der Waals surface area contributed by atoms with Gasteiger partial charge in [0, 0.05) is 27.2 Å². The maximum Gasteiger partial charge on any atom is 0.243 e. The molecule has 0 saturated carbocycles. The molecule has 0 spiro atoms. The fraction of sp³-hybridized carbons (Fsp3) is 0.600. The highest BCUT2D eigenvalue weighted by atomic mass is 16.5. The number of hydrogen-bond acceptors (Lipinski definition) is 3. The van der Waals surface area contributed by atoms with E-state index in [-0.39, 0.29) is 12.5 Å². The normalized spacial score (nSPS) is 12.7. The Labute approximate surface area is 158 Å². The summed E-state index contributed by atoms with van der Waals surface area (Å²) in [5.41, 5.74) is 1.27. The van der Waals surface area contributed by atoms with Gasteiger partial charge in [0.15, 0.2) is 5.96 Å². The maximum absolute atomic E-state index is 11.8. The SMILES string of the molecule is COc1ccc(CC(C)CNC(=NCC(=O)N(C)C)NCC(C)C)cc1. The maximum atomic E-state index is 11.8. The van der Waals surface area contributed by atoms with Crippen LogP contribution in [0, 0.1) is 11.8 Å². The number of ether oxygens (including phenoxy) is 1. The minimum atomic E-state index is -0.0121. The summed E-state index contributed by atoms with van der Waals surface area (Å²) in [5.74, 6) is 2.48. The van der Waals surface area contributed by atoms with Crippen LogP contribution in [0.3, 0.4) is 0 Å². The van der Waals surface area contributed by atoms with Gasteiger partial charge in [-0.25, -0.2) is 4.99 Å². The summed E-state index contributed by atoms with van der Waals surface area (Å²) >= 11 is 0. The van der Waals surface area contributed by atoms with Crippen LogP contribution < -0.4 is 15.4 Å². The highest BCUT2D eigenvalue weighted by molar-refractivity contribution is 5.84. The molecule has 1 atom stereocenters. The Morgan fingerprint density at radius 3 is 2.27 bits per heavy atom. The summed E-state index contributed by atoms with van der Waals surface area (Å²) in [7, 11) is 5.15. The van der Waals surface area contributed by atoms with Crippen LogP contribution in [0.2, 0.25) is 0 Å². The number of carbonyl (C=O) groups excluding carboxylic acids is 1. The van der Waals surface area contributed by atoms with Gasteiger partial charge in [0.2, 0.25) is 5.91 Å². The van der Waals surface area contributed by atoms with E-state index >= 15 is 0 Å². The molecule has 0 aliphatic rings. The molecule has 0 aliphatic carbocycles. The molecule has 26 heavy (non-hydrogen) atoms. The molecule has 0 aromatic heterocycles. The number of amides is 1. The van der Waals surface area contributed by atoms with Crippen molar-refractivity contribution in [3.63, 3.8) is 0 Å². The Hall–Kier alpha value is -2.24. The van der Waals surface area contributed by atoms with Crippen molar-refractivity contribution in [2.75, 3.05) is 40.8 Å². The smallest absolute Gasteiger partial charge is 0.243 e. The molecule has 6 heteroatoms. The Bertz CT molecular complexity index is 568. The lowest BCUT2D eigenvalue weighted by Gasteiger charge is -2.18. The van der Waals surface area contributed by atoms with Crippen molar-refractivity contribution in [3.8, 4) is 5.75 Å². The zero-order valence-electron chi connectivity index (χ0n) is 17.0. The van der Waals surface area contributed by atoms with Crippen LogP contribution in [0.25, 0.3) is 0 Å². The van der Waals surface area contributed by atoms with E-state index in [0.29, 0.717) is 17.8 Å². The lowest BCUT2D eigenvalue weighted by Crippen LogP contribution is -2.42. The van der Waals surface area contributed by atoms with Gasteiger partial charge in [-0.3, -0.25) is 4.79 Å². The predicted molar refractivity (Wildman–Crippen MR) is 108 cm³/mol. The number of methoxy groups -OCH3 is 1. The molecule has 1 unspecified atom stereocenters. The van der Waals surface area contributed by atoms with Gasteiger partial charge in [0.25, 0.3) is 0 Å². The summed E-state index contributed by atoms with van der Waals surface area (Å²) in [4.78, 5) is 17.7. The summed E-state index contributed by atoms with van der Waals surface area (Å²) in [5, 5.41) is 6.65. The molecule has 6 nitrogen and oxygen atoms in total. The first kappa shape index (κ1) is 21.8. The highest BCUT2D eigenvalue weighted by Gasteiger charge is 2.08. The Kier molecular flexibility index (Phi) is 9.55. The van der Waals surface area contributed by atoms with Crippen molar-refractivity contribution in [1.82, 2.24) is 15.5 Å². The first-order valence-corrected chi connectivity index (χ1v) is 9.17. The van der Waals surface area contributed by atoms with Crippen molar-refractivity contribution in [1.29, 1.82) is 0 Å². The minimum absolute atomic E-state index is 0.0121. The van der Waals surface area contributed by atoms with E-state index in [9.17, 15) is 4.79 Å². The Balaban J connectivity index is 2.56. The molecule has 0 aliphatic heterocycles. The summed E-state index contributed by atoms with van der Waals surface area (Å²) in [6.07, 6.45) is 0.963. The summed E-state index contributed by atoms with van der Waals surface area (Å²) in [6.45, 7) is 8.22. The molecule has 1 amide bonds. The van der Waals surface area contributed by atoms with E-state index < -0.39 is 0 Å². The molecule has 0 saturated heterocycles. The van der Waals surface area contributed by atoms with Crippen molar-refractivity contribution in [2.24, 2.45) is 16.8 Å². The number of guanidine groups is 1. The van der Waals surface area contributed by atoms with E-state index in [1.807, 2.05) is 12.1 Å². The Morgan fingerprint density at radius 2 is 1.73 bits per heavy atom. The molecule has 1 rings (SSSR count). The molecule has 1 aromatic carbocycles. The molecule has 0 heterocycles. The standard InChI is InChI=1S/C20H34N4O2/c1-15(2)12-21-20(23-14-19(25)24(4)5)22-13-16(3)11-17-7-9-18(26-6)10-8-17/h7-10,15-16H,11-14H2,1-6H3,(H2,21,22,23). The molecule has 146 valence electrons. The van der Waals surface area contributed by atoms with E-state index in [0.717, 1.165) is 25.3 Å². The average Bonchev–Trinajstić information content (AvgIpc) is 2.61. The Morgan fingerprint density at radius 1 is 1.12 bits per heavy atom. The van der Waals surface area contributed by atoms with Gasteiger partial charge in [-0.15, -0.1) is 0 Å². The van der Waals surface area contributed by atoms with Crippen LogP contribution in [0.15, 0.2) is 29.3 Å². The number of rotatable bonds is 9. The van der Waals surface area contributed by atoms with Crippen LogP contribution in [0.5, 0.6) is 5.75 Å². The van der Waals surface area contributed by atoms with E-state index in [4.69, 9.17) is 4.74 Å². The van der Waals surface area contributed by atoms with Gasteiger partial charge in [-0.05, 0) is 36.0 Å². The third-order valence-corrected chi connectivity index (χ3v) is 3.91. The summed E-state index contributed by atoms with van der Waals surface area (Å²) in [6, 6.07) is 8.16. The van der Waals surface area contributed by atoms with E-state index in [2.05, 4.69) is 48.5 Å².